The first-order chi connectivity index (χ1) is 27.7. The Morgan fingerprint density at radius 2 is 1.56 bits per heavy atom. The predicted octanol–water partition coefficient (Wildman–Crippen LogP) is 11.2. The minimum atomic E-state index is -0.838. The number of ether oxygens (including phenoxy) is 2. The largest absolute Gasteiger partial charge is 0.477 e. The topological polar surface area (TPSA) is 105 Å². The quantitative estimate of drug-likeness (QED) is 0.0637. The number of carbonyl (C=O) groups excluding carboxylic acids is 1. The van der Waals surface area contributed by atoms with Crippen LogP contribution in [0.2, 0.25) is 0 Å². The van der Waals surface area contributed by atoms with Crippen molar-refractivity contribution in [2.45, 2.75) is 108 Å². The number of hydrogen-bond donors (Lipinski definition) is 3. The Morgan fingerprint density at radius 1 is 0.842 bits per heavy atom. The molecule has 2 fully saturated rings. The number of esters is 1. The SMILES string of the molecule is CCCc1ccc(C(=O)OCCO)s1.CCc1cccc(COC[C@H]2CC[C@@H](Cl)[C@@H]2CCCc2ccc(C(=O)O)s2)c1.ClC1CCC(CNCc2ccccc2)C1. The molecule has 2 aromatic heterocycles. The van der Waals surface area contributed by atoms with E-state index in [9.17, 15) is 9.59 Å². The summed E-state index contributed by atoms with van der Waals surface area (Å²) in [5.74, 6) is 0.620. The summed E-state index contributed by atoms with van der Waals surface area (Å²) in [6.45, 7) is 7.73. The van der Waals surface area contributed by atoms with Crippen molar-refractivity contribution >= 4 is 57.8 Å². The lowest BCUT2D eigenvalue weighted by molar-refractivity contribution is 0.0439. The van der Waals surface area contributed by atoms with Crippen LogP contribution >= 0.6 is 45.9 Å². The van der Waals surface area contributed by atoms with E-state index in [-0.39, 0.29) is 24.6 Å². The molecule has 11 heteroatoms. The van der Waals surface area contributed by atoms with E-state index in [1.54, 1.807) is 12.1 Å². The van der Waals surface area contributed by atoms with Crippen molar-refractivity contribution < 1.29 is 29.3 Å². The monoisotopic (exact) mass is 857 g/mol. The number of aliphatic hydroxyl groups is 1. The van der Waals surface area contributed by atoms with Crippen LogP contribution in [0.15, 0.2) is 78.9 Å². The summed E-state index contributed by atoms with van der Waals surface area (Å²) < 4.78 is 10.8. The molecule has 2 heterocycles. The van der Waals surface area contributed by atoms with Gasteiger partial charge in [-0.3, -0.25) is 0 Å². The Labute approximate surface area is 358 Å². The van der Waals surface area contributed by atoms with E-state index in [4.69, 9.17) is 42.9 Å². The summed E-state index contributed by atoms with van der Waals surface area (Å²) >= 11 is 15.5. The minimum Gasteiger partial charge on any atom is -0.477 e. The van der Waals surface area contributed by atoms with Crippen LogP contribution in [-0.4, -0.2) is 59.3 Å². The van der Waals surface area contributed by atoms with Crippen molar-refractivity contribution in [2.24, 2.45) is 17.8 Å². The molecule has 57 heavy (non-hydrogen) atoms. The van der Waals surface area contributed by atoms with Gasteiger partial charge in [0.1, 0.15) is 16.4 Å². The third-order valence-electron chi connectivity index (χ3n) is 10.5. The standard InChI is InChI=1S/C23H29ClO3S.C13H18ClN.C10H14O3S/c1-2-16-5-3-6-17(13-16)14-27-15-18-9-11-21(24)20(18)8-4-7-19-10-12-22(28-19)23(25)26;14-13-7-6-12(8-13)10-15-9-11-4-2-1-3-5-11;1-2-3-8-4-5-9(14-8)10(12)13-7-6-11/h3,5-6,10,12-13,18,20-21H,2,4,7-9,11,14-15H2,1H3,(H,25,26);1-5,12-13,15H,6-10H2;4-5,11H,2-3,6-7H2,1H3/t18-,20-,21-;;/m1../s1. The normalized spacial score (nSPS) is 20.0. The van der Waals surface area contributed by atoms with Crippen LogP contribution in [-0.2, 0) is 41.9 Å². The molecule has 0 amide bonds. The fraction of sp³-hybridized carbons (Fsp3) is 0.522. The number of aliphatic hydroxyl groups excluding tert-OH is 1. The molecule has 2 saturated carbocycles. The Bertz CT molecular complexity index is 1730. The van der Waals surface area contributed by atoms with Gasteiger partial charge in [-0.05, 0) is 129 Å². The van der Waals surface area contributed by atoms with Gasteiger partial charge in [0.15, 0.2) is 0 Å². The maximum atomic E-state index is 11.3. The number of carbonyl (C=O) groups is 2. The Hall–Kier alpha value is -2.76. The van der Waals surface area contributed by atoms with Crippen LogP contribution in [0, 0.1) is 17.8 Å². The van der Waals surface area contributed by atoms with Crippen molar-refractivity contribution in [2.75, 3.05) is 26.4 Å². The maximum absolute atomic E-state index is 11.3. The molecule has 0 spiro atoms. The molecule has 5 atom stereocenters. The van der Waals surface area contributed by atoms with Crippen molar-refractivity contribution in [3.8, 4) is 0 Å². The van der Waals surface area contributed by atoms with Gasteiger partial charge in [0.25, 0.3) is 0 Å². The third-order valence-corrected chi connectivity index (χ3v) is 13.7. The zero-order valence-corrected chi connectivity index (χ0v) is 36.7. The Kier molecular flexibility index (Phi) is 21.7. The fourth-order valence-electron chi connectivity index (χ4n) is 7.42. The summed E-state index contributed by atoms with van der Waals surface area (Å²) in [5.41, 5.74) is 3.95. The molecule has 2 aromatic carbocycles. The number of aryl methyl sites for hydroxylation is 3. The fourth-order valence-corrected chi connectivity index (χ4v) is 10.1. The molecule has 0 bridgehead atoms. The third kappa shape index (κ3) is 17.2. The van der Waals surface area contributed by atoms with Gasteiger partial charge in [-0.15, -0.1) is 45.9 Å². The van der Waals surface area contributed by atoms with Gasteiger partial charge in [0.2, 0.25) is 0 Å². The van der Waals surface area contributed by atoms with Crippen LogP contribution in [0.3, 0.4) is 0 Å². The summed E-state index contributed by atoms with van der Waals surface area (Å²) in [7, 11) is 0. The summed E-state index contributed by atoms with van der Waals surface area (Å²) in [5, 5.41) is 21.7. The van der Waals surface area contributed by atoms with Gasteiger partial charge >= 0.3 is 11.9 Å². The molecule has 2 aliphatic carbocycles. The highest BCUT2D eigenvalue weighted by Crippen LogP contribution is 2.39. The Balaban J connectivity index is 0.000000209. The first-order valence-electron chi connectivity index (χ1n) is 20.6. The molecule has 0 aliphatic heterocycles. The Morgan fingerprint density at radius 3 is 2.25 bits per heavy atom. The highest BCUT2D eigenvalue weighted by molar-refractivity contribution is 7.14. The molecular weight excluding hydrogens is 798 g/mol. The predicted molar refractivity (Wildman–Crippen MR) is 236 cm³/mol. The summed E-state index contributed by atoms with van der Waals surface area (Å²) in [4.78, 5) is 25.7. The minimum absolute atomic E-state index is 0.0693. The number of hydrogen-bond acceptors (Lipinski definition) is 8. The smallest absolute Gasteiger partial charge is 0.348 e. The molecule has 0 saturated heterocycles. The van der Waals surface area contributed by atoms with E-state index in [2.05, 4.69) is 73.8 Å². The molecule has 0 radical (unpaired) electrons. The number of benzene rings is 2. The van der Waals surface area contributed by atoms with Crippen molar-refractivity contribution in [3.05, 3.63) is 115 Å². The zero-order chi connectivity index (χ0) is 40.8. The highest BCUT2D eigenvalue weighted by Gasteiger charge is 2.34. The molecule has 2 unspecified atom stereocenters. The van der Waals surface area contributed by atoms with Crippen molar-refractivity contribution in [1.29, 1.82) is 0 Å². The molecule has 312 valence electrons. The number of thiophene rings is 2. The lowest BCUT2D eigenvalue weighted by Gasteiger charge is -2.22. The lowest BCUT2D eigenvalue weighted by Crippen LogP contribution is -2.21. The van der Waals surface area contributed by atoms with E-state index in [1.807, 2.05) is 12.1 Å². The van der Waals surface area contributed by atoms with Gasteiger partial charge in [0.05, 0.1) is 19.8 Å². The lowest BCUT2D eigenvalue weighted by atomic mass is 9.91. The van der Waals surface area contributed by atoms with E-state index in [0.29, 0.717) is 33.6 Å². The van der Waals surface area contributed by atoms with Crippen molar-refractivity contribution in [1.82, 2.24) is 5.32 Å². The molecular formula is C46H61Cl2NO6S2. The first kappa shape index (κ1) is 46.9. The van der Waals surface area contributed by atoms with Gasteiger partial charge in [-0.2, -0.15) is 0 Å². The van der Waals surface area contributed by atoms with E-state index < -0.39 is 5.97 Å². The highest BCUT2D eigenvalue weighted by atomic mass is 35.5. The van der Waals surface area contributed by atoms with Gasteiger partial charge in [-0.25, -0.2) is 9.59 Å². The average Bonchev–Trinajstić information content (AvgIpc) is 4.05. The second-order valence-electron chi connectivity index (χ2n) is 14.9. The van der Waals surface area contributed by atoms with Gasteiger partial charge in [0, 0.05) is 27.1 Å². The maximum Gasteiger partial charge on any atom is 0.348 e. The van der Waals surface area contributed by atoms with Crippen LogP contribution in [0.25, 0.3) is 0 Å². The van der Waals surface area contributed by atoms with Gasteiger partial charge in [-0.1, -0.05) is 74.9 Å². The average molecular weight is 859 g/mol. The zero-order valence-electron chi connectivity index (χ0n) is 33.5. The van der Waals surface area contributed by atoms with Gasteiger partial charge < -0.3 is 25.0 Å². The number of alkyl halides is 2. The number of carboxylic acid groups (broad SMARTS) is 1. The number of carboxylic acids is 1. The van der Waals surface area contributed by atoms with E-state index in [0.717, 1.165) is 81.9 Å². The van der Waals surface area contributed by atoms with Crippen LogP contribution in [0.1, 0.15) is 111 Å². The summed E-state index contributed by atoms with van der Waals surface area (Å²) in [6, 6.07) is 26.5. The first-order valence-corrected chi connectivity index (χ1v) is 23.1. The van der Waals surface area contributed by atoms with Crippen LogP contribution < -0.4 is 5.32 Å². The molecule has 7 nitrogen and oxygen atoms in total. The van der Waals surface area contributed by atoms with E-state index >= 15 is 0 Å². The number of aromatic carboxylic acids is 1. The van der Waals surface area contributed by atoms with E-state index in [1.165, 1.54) is 63.5 Å². The molecule has 3 N–H and O–H groups in total. The second-order valence-corrected chi connectivity index (χ2v) is 18.5. The van der Waals surface area contributed by atoms with Crippen molar-refractivity contribution in [3.63, 3.8) is 0 Å². The molecule has 4 aromatic rings. The van der Waals surface area contributed by atoms with Crippen LogP contribution in [0.5, 0.6) is 0 Å². The number of rotatable bonds is 19. The summed E-state index contributed by atoms with van der Waals surface area (Å²) in [6.07, 6.45) is 12.0. The second kappa shape index (κ2) is 26.4. The molecule has 6 rings (SSSR count). The number of halogens is 2. The molecule has 2 aliphatic rings. The van der Waals surface area contributed by atoms with Crippen LogP contribution in [0.4, 0.5) is 0 Å². The number of nitrogens with one attached hydrogen (secondary N) is 1.